The van der Waals surface area contributed by atoms with E-state index < -0.39 is 0 Å². The van der Waals surface area contributed by atoms with E-state index in [0.29, 0.717) is 23.9 Å². The molecule has 4 rings (SSSR count). The first kappa shape index (κ1) is 15.5. The summed E-state index contributed by atoms with van der Waals surface area (Å²) in [5, 5.41) is 3.02. The number of rotatable bonds is 3. The zero-order valence-corrected chi connectivity index (χ0v) is 14.2. The Morgan fingerprint density at radius 2 is 2.33 bits per heavy atom. The van der Waals surface area contributed by atoms with Crippen LogP contribution in [0.4, 0.5) is 0 Å². The summed E-state index contributed by atoms with van der Waals surface area (Å²) in [7, 11) is 1.53. The van der Waals surface area contributed by atoms with Crippen molar-refractivity contribution in [3.8, 4) is 5.88 Å². The number of aromatic nitrogens is 2. The Bertz CT molecular complexity index is 722. The molecule has 2 aromatic heterocycles. The summed E-state index contributed by atoms with van der Waals surface area (Å²) in [6.45, 7) is 1.36. The van der Waals surface area contributed by atoms with Crippen LogP contribution in [0.5, 0.6) is 5.88 Å². The molecule has 24 heavy (non-hydrogen) atoms. The molecule has 2 aliphatic rings. The number of carbonyl (C=O) groups excluding carboxylic acids is 1. The van der Waals surface area contributed by atoms with Crippen molar-refractivity contribution in [2.24, 2.45) is 5.92 Å². The first-order chi connectivity index (χ1) is 11.8. The number of hydrogen-bond acceptors (Lipinski definition) is 6. The minimum Gasteiger partial charge on any atom is -0.480 e. The lowest BCUT2D eigenvalue weighted by Crippen LogP contribution is -2.45. The molecular weight excluding hydrogens is 326 g/mol. The molecule has 3 atom stereocenters. The molecular formula is C17H19N3O3S. The second kappa shape index (κ2) is 6.49. The van der Waals surface area contributed by atoms with Gasteiger partial charge in [0, 0.05) is 30.9 Å². The fourth-order valence-electron chi connectivity index (χ4n) is 3.55. The van der Waals surface area contributed by atoms with Crippen LogP contribution in [0, 0.1) is 5.92 Å². The Morgan fingerprint density at radius 1 is 1.42 bits per heavy atom. The molecule has 2 saturated heterocycles. The van der Waals surface area contributed by atoms with E-state index >= 15 is 0 Å². The lowest BCUT2D eigenvalue weighted by atomic mass is 9.91. The van der Waals surface area contributed by atoms with Crippen LogP contribution in [0.15, 0.2) is 29.9 Å². The normalized spacial score (nSPS) is 26.2. The highest BCUT2D eigenvalue weighted by molar-refractivity contribution is 7.09. The highest BCUT2D eigenvalue weighted by atomic mass is 32.1. The van der Waals surface area contributed by atoms with Crippen molar-refractivity contribution < 1.29 is 14.3 Å². The first-order valence-corrected chi connectivity index (χ1v) is 8.97. The Balaban J connectivity index is 1.47. The van der Waals surface area contributed by atoms with Gasteiger partial charge in [-0.2, -0.15) is 0 Å². The van der Waals surface area contributed by atoms with Crippen molar-refractivity contribution in [2.45, 2.75) is 25.0 Å². The topological polar surface area (TPSA) is 64.5 Å². The van der Waals surface area contributed by atoms with Crippen LogP contribution >= 0.6 is 11.3 Å². The van der Waals surface area contributed by atoms with Gasteiger partial charge in [0.1, 0.15) is 16.7 Å². The number of pyridine rings is 1. The molecule has 0 unspecified atom stereocenters. The van der Waals surface area contributed by atoms with E-state index in [0.717, 1.165) is 24.4 Å². The number of hydrogen-bond donors (Lipinski definition) is 0. The van der Waals surface area contributed by atoms with Crippen LogP contribution in [0.1, 0.15) is 34.3 Å². The minimum absolute atomic E-state index is 0.0419. The summed E-state index contributed by atoms with van der Waals surface area (Å²) < 4.78 is 11.4. The second-order valence-electron chi connectivity index (χ2n) is 6.13. The van der Waals surface area contributed by atoms with Gasteiger partial charge in [-0.1, -0.05) is 0 Å². The highest BCUT2D eigenvalue weighted by Crippen LogP contribution is 2.41. The molecule has 0 saturated carbocycles. The van der Waals surface area contributed by atoms with E-state index in [9.17, 15) is 4.79 Å². The van der Waals surface area contributed by atoms with Crippen molar-refractivity contribution in [1.29, 1.82) is 0 Å². The number of nitrogens with zero attached hydrogens (tertiary/aromatic N) is 3. The van der Waals surface area contributed by atoms with Crippen molar-refractivity contribution in [3.63, 3.8) is 0 Å². The van der Waals surface area contributed by atoms with E-state index in [1.165, 1.54) is 7.11 Å². The molecule has 6 nitrogen and oxygen atoms in total. The van der Waals surface area contributed by atoms with Gasteiger partial charge in [-0.15, -0.1) is 11.3 Å². The van der Waals surface area contributed by atoms with E-state index in [1.54, 1.807) is 29.7 Å². The summed E-state index contributed by atoms with van der Waals surface area (Å²) in [5.41, 5.74) is 0.507. The molecule has 0 aliphatic carbocycles. The summed E-state index contributed by atoms with van der Waals surface area (Å²) in [4.78, 5) is 23.2. The highest BCUT2D eigenvalue weighted by Gasteiger charge is 2.41. The third-order valence-corrected chi connectivity index (χ3v) is 5.63. The molecule has 0 N–H and O–H groups in total. The van der Waals surface area contributed by atoms with Gasteiger partial charge >= 0.3 is 0 Å². The quantitative estimate of drug-likeness (QED) is 0.855. The second-order valence-corrected chi connectivity index (χ2v) is 7.06. The van der Waals surface area contributed by atoms with Crippen LogP contribution in [0.25, 0.3) is 0 Å². The minimum atomic E-state index is -0.0419. The third-order valence-electron chi connectivity index (χ3n) is 4.76. The molecule has 2 fully saturated rings. The van der Waals surface area contributed by atoms with E-state index in [-0.39, 0.29) is 18.1 Å². The number of amides is 1. The van der Waals surface area contributed by atoms with Crippen LogP contribution in [-0.4, -0.2) is 47.1 Å². The summed E-state index contributed by atoms with van der Waals surface area (Å²) in [6.07, 6.45) is 5.55. The monoisotopic (exact) mass is 345 g/mol. The van der Waals surface area contributed by atoms with Gasteiger partial charge in [-0.05, 0) is 30.9 Å². The average Bonchev–Trinajstić information content (AvgIpc) is 3.29. The molecule has 2 aliphatic heterocycles. The molecule has 4 heterocycles. The lowest BCUT2D eigenvalue weighted by molar-refractivity contribution is -0.00458. The van der Waals surface area contributed by atoms with Crippen molar-refractivity contribution in [3.05, 3.63) is 40.5 Å². The van der Waals surface area contributed by atoms with Crippen LogP contribution in [0.2, 0.25) is 0 Å². The molecule has 7 heteroatoms. The van der Waals surface area contributed by atoms with Gasteiger partial charge < -0.3 is 14.4 Å². The van der Waals surface area contributed by atoms with Gasteiger partial charge in [0.05, 0.1) is 13.2 Å². The molecule has 126 valence electrons. The predicted octanol–water partition coefficient (Wildman–Crippen LogP) is 2.54. The summed E-state index contributed by atoms with van der Waals surface area (Å²) >= 11 is 1.63. The largest absolute Gasteiger partial charge is 0.480 e. The van der Waals surface area contributed by atoms with Crippen molar-refractivity contribution in [1.82, 2.24) is 14.9 Å². The van der Waals surface area contributed by atoms with E-state index in [4.69, 9.17) is 9.47 Å². The summed E-state index contributed by atoms with van der Waals surface area (Å²) in [6, 6.07) is 3.52. The number of thiazole rings is 1. The van der Waals surface area contributed by atoms with Gasteiger partial charge in [-0.25, -0.2) is 9.97 Å². The maximum absolute atomic E-state index is 12.8. The first-order valence-electron chi connectivity index (χ1n) is 8.09. The van der Waals surface area contributed by atoms with Gasteiger partial charge in [0.15, 0.2) is 0 Å². The van der Waals surface area contributed by atoms with Crippen molar-refractivity contribution >= 4 is 17.2 Å². The molecule has 1 amide bonds. The van der Waals surface area contributed by atoms with Crippen LogP contribution in [-0.2, 0) is 4.74 Å². The molecule has 0 spiro atoms. The lowest BCUT2D eigenvalue weighted by Gasteiger charge is -2.34. The van der Waals surface area contributed by atoms with E-state index in [2.05, 4.69) is 9.97 Å². The van der Waals surface area contributed by atoms with Gasteiger partial charge in [-0.3, -0.25) is 4.79 Å². The average molecular weight is 345 g/mol. The maximum atomic E-state index is 12.8. The van der Waals surface area contributed by atoms with Crippen molar-refractivity contribution in [2.75, 3.05) is 20.2 Å². The standard InChI is InChI=1S/C17H19N3O3S/c1-22-15-12(3-2-5-18-15)17(21)20-7-4-11-9-13(23-14(11)10-20)16-19-6-8-24-16/h2-3,5-6,8,11,13-14H,4,7,9-10H2,1H3/t11-,13-,14+/m1/s1. The number of likely N-dealkylation sites (tertiary alicyclic amines) is 1. The molecule has 0 aromatic carbocycles. The zero-order valence-electron chi connectivity index (χ0n) is 13.4. The van der Waals surface area contributed by atoms with Gasteiger partial charge in [0.25, 0.3) is 5.91 Å². The third kappa shape index (κ3) is 2.78. The summed E-state index contributed by atoms with van der Waals surface area (Å²) in [5.74, 6) is 0.830. The molecule has 0 radical (unpaired) electrons. The van der Waals surface area contributed by atoms with E-state index in [1.807, 2.05) is 16.5 Å². The number of carbonyl (C=O) groups is 1. The van der Waals surface area contributed by atoms with Gasteiger partial charge in [0.2, 0.25) is 5.88 Å². The maximum Gasteiger partial charge on any atom is 0.259 e. The molecule has 2 aromatic rings. The molecule has 0 bridgehead atoms. The smallest absolute Gasteiger partial charge is 0.259 e. The number of ether oxygens (including phenoxy) is 2. The SMILES string of the molecule is COc1ncccc1C(=O)N1CC[C@@H]2C[C@H](c3nccs3)O[C@H]2C1. The predicted molar refractivity (Wildman–Crippen MR) is 89.1 cm³/mol. The van der Waals surface area contributed by atoms with Crippen LogP contribution < -0.4 is 4.74 Å². The van der Waals surface area contributed by atoms with Crippen LogP contribution in [0.3, 0.4) is 0 Å². The Labute approximate surface area is 144 Å². The fourth-order valence-corrected chi connectivity index (χ4v) is 4.24. The Morgan fingerprint density at radius 3 is 3.12 bits per heavy atom. The fraction of sp³-hybridized carbons (Fsp3) is 0.471. The zero-order chi connectivity index (χ0) is 16.5. The number of piperidine rings is 1. The Hall–Kier alpha value is -1.99. The number of methoxy groups -OCH3 is 1. The Kier molecular flexibility index (Phi) is 4.20. The number of fused-ring (bicyclic) bond motifs is 1.